The van der Waals surface area contributed by atoms with Gasteiger partial charge in [0.15, 0.2) is 0 Å². The van der Waals surface area contributed by atoms with Crippen LogP contribution in [0, 0.1) is 0 Å². The van der Waals surface area contributed by atoms with Gasteiger partial charge in [-0.15, -0.1) is 12.4 Å². The first kappa shape index (κ1) is 17.4. The molecule has 1 unspecified atom stereocenters. The minimum Gasteiger partial charge on any atom is -0.366 e. The summed E-state index contributed by atoms with van der Waals surface area (Å²) in [6.45, 7) is 0.158. The van der Waals surface area contributed by atoms with Crippen molar-refractivity contribution in [1.29, 1.82) is 0 Å². The molecule has 0 aliphatic rings. The molecule has 1 rings (SSSR count). The summed E-state index contributed by atoms with van der Waals surface area (Å²) in [7, 11) is 0. The Kier molecular flexibility index (Phi) is 6.91. The second-order valence-corrected chi connectivity index (χ2v) is 4.00. The average Bonchev–Trinajstić information content (AvgIpc) is 2.18. The topological polar surface area (TPSA) is 48.1 Å². The van der Waals surface area contributed by atoms with E-state index in [4.69, 9.17) is 17.3 Å². The molecule has 0 saturated carbocycles. The summed E-state index contributed by atoms with van der Waals surface area (Å²) in [4.78, 5) is 3.91. The maximum atomic E-state index is 11.8. The maximum absolute atomic E-state index is 11.8. The Labute approximate surface area is 114 Å². The van der Waals surface area contributed by atoms with E-state index in [0.717, 1.165) is 5.56 Å². The van der Waals surface area contributed by atoms with Gasteiger partial charge in [0.25, 0.3) is 0 Å². The van der Waals surface area contributed by atoms with Crippen molar-refractivity contribution < 1.29 is 17.9 Å². The molecular formula is C10H13Cl2F3N2O. The molecule has 0 aliphatic heterocycles. The van der Waals surface area contributed by atoms with Gasteiger partial charge < -0.3 is 10.5 Å². The zero-order valence-corrected chi connectivity index (χ0v) is 11.1. The van der Waals surface area contributed by atoms with Crippen LogP contribution >= 0.6 is 24.0 Å². The molecule has 1 atom stereocenters. The standard InChI is InChI=1S/C10H12ClF3N2O.ClH/c1-6(15)7-2-8(11)9(16-3-7)4-17-5-10(12,13)14;/h2-3,6H,4-5,15H2,1H3;1H. The number of hydrogen-bond donors (Lipinski definition) is 1. The Bertz CT molecular complexity index is 386. The molecule has 0 radical (unpaired) electrons. The Balaban J connectivity index is 0.00000289. The van der Waals surface area contributed by atoms with Gasteiger partial charge in [-0.25, -0.2) is 0 Å². The SMILES string of the molecule is CC(N)c1cnc(COCC(F)(F)F)c(Cl)c1.Cl. The van der Waals surface area contributed by atoms with Crippen LogP contribution in [-0.2, 0) is 11.3 Å². The van der Waals surface area contributed by atoms with Gasteiger partial charge in [0.2, 0.25) is 0 Å². The number of halogens is 5. The van der Waals surface area contributed by atoms with E-state index in [1.54, 1.807) is 13.0 Å². The van der Waals surface area contributed by atoms with Crippen molar-refractivity contribution in [1.82, 2.24) is 4.98 Å². The normalized spacial score (nSPS) is 13.0. The smallest absolute Gasteiger partial charge is 0.366 e. The highest BCUT2D eigenvalue weighted by Gasteiger charge is 2.27. The van der Waals surface area contributed by atoms with Crippen molar-refractivity contribution in [2.75, 3.05) is 6.61 Å². The monoisotopic (exact) mass is 304 g/mol. The van der Waals surface area contributed by atoms with Crippen LogP contribution in [0.4, 0.5) is 13.2 Å². The lowest BCUT2D eigenvalue weighted by Crippen LogP contribution is -2.17. The Morgan fingerprint density at radius 1 is 1.50 bits per heavy atom. The van der Waals surface area contributed by atoms with Gasteiger partial charge in [-0.3, -0.25) is 4.98 Å². The van der Waals surface area contributed by atoms with E-state index in [-0.39, 0.29) is 35.8 Å². The molecule has 0 saturated heterocycles. The summed E-state index contributed by atoms with van der Waals surface area (Å²) in [5.41, 5.74) is 6.59. The van der Waals surface area contributed by atoms with E-state index >= 15 is 0 Å². The van der Waals surface area contributed by atoms with Crippen molar-refractivity contribution >= 4 is 24.0 Å². The summed E-state index contributed by atoms with van der Waals surface area (Å²) in [5.74, 6) is 0. The summed E-state index contributed by atoms with van der Waals surface area (Å²) < 4.78 is 40.0. The predicted octanol–water partition coefficient (Wildman–Crippen LogP) is 3.26. The van der Waals surface area contributed by atoms with E-state index in [1.807, 2.05) is 0 Å². The second kappa shape index (κ2) is 7.13. The van der Waals surface area contributed by atoms with Crippen LogP contribution in [0.15, 0.2) is 12.3 Å². The molecule has 0 spiro atoms. The molecule has 2 N–H and O–H groups in total. The number of alkyl halides is 3. The van der Waals surface area contributed by atoms with Gasteiger partial charge >= 0.3 is 6.18 Å². The Morgan fingerprint density at radius 3 is 2.56 bits per heavy atom. The molecule has 1 heterocycles. The highest BCUT2D eigenvalue weighted by atomic mass is 35.5. The zero-order valence-electron chi connectivity index (χ0n) is 9.50. The summed E-state index contributed by atoms with van der Waals surface area (Å²) in [6.07, 6.45) is -2.87. The number of hydrogen-bond acceptors (Lipinski definition) is 3. The lowest BCUT2D eigenvalue weighted by molar-refractivity contribution is -0.176. The summed E-state index contributed by atoms with van der Waals surface area (Å²) in [6, 6.07) is 1.34. The number of rotatable bonds is 4. The molecule has 18 heavy (non-hydrogen) atoms. The van der Waals surface area contributed by atoms with Crippen LogP contribution in [-0.4, -0.2) is 17.8 Å². The molecule has 8 heteroatoms. The molecule has 0 aromatic carbocycles. The third kappa shape index (κ3) is 5.86. The zero-order chi connectivity index (χ0) is 13.1. The summed E-state index contributed by atoms with van der Waals surface area (Å²) >= 11 is 5.84. The van der Waals surface area contributed by atoms with E-state index in [9.17, 15) is 13.2 Å². The van der Waals surface area contributed by atoms with Crippen LogP contribution in [0.1, 0.15) is 24.2 Å². The molecular weight excluding hydrogens is 292 g/mol. The fourth-order valence-electron chi connectivity index (χ4n) is 1.10. The first-order valence-corrected chi connectivity index (χ1v) is 5.22. The number of nitrogens with two attached hydrogens (primary N) is 1. The van der Waals surface area contributed by atoms with Crippen LogP contribution in [0.5, 0.6) is 0 Å². The third-order valence-corrected chi connectivity index (χ3v) is 2.30. The van der Waals surface area contributed by atoms with Crippen molar-refractivity contribution in [2.45, 2.75) is 25.7 Å². The van der Waals surface area contributed by atoms with Gasteiger partial charge in [-0.1, -0.05) is 11.6 Å². The van der Waals surface area contributed by atoms with Crippen molar-refractivity contribution in [2.24, 2.45) is 5.73 Å². The Morgan fingerprint density at radius 2 is 2.11 bits per heavy atom. The molecule has 0 bridgehead atoms. The van der Waals surface area contributed by atoms with Gasteiger partial charge in [-0.2, -0.15) is 13.2 Å². The molecule has 0 aliphatic carbocycles. The first-order chi connectivity index (χ1) is 7.79. The van der Waals surface area contributed by atoms with Gasteiger partial charge in [0, 0.05) is 12.2 Å². The van der Waals surface area contributed by atoms with Gasteiger partial charge in [0.05, 0.1) is 17.3 Å². The van der Waals surface area contributed by atoms with Gasteiger partial charge in [0.1, 0.15) is 6.61 Å². The predicted molar refractivity (Wildman–Crippen MR) is 64.8 cm³/mol. The molecule has 1 aromatic heterocycles. The van der Waals surface area contributed by atoms with Crippen LogP contribution in [0.2, 0.25) is 5.02 Å². The number of ether oxygens (including phenoxy) is 1. The lowest BCUT2D eigenvalue weighted by atomic mass is 10.1. The molecule has 1 aromatic rings. The highest BCUT2D eigenvalue weighted by molar-refractivity contribution is 6.31. The van der Waals surface area contributed by atoms with Crippen molar-refractivity contribution in [3.63, 3.8) is 0 Å². The van der Waals surface area contributed by atoms with E-state index in [2.05, 4.69) is 9.72 Å². The molecule has 0 fully saturated rings. The molecule has 3 nitrogen and oxygen atoms in total. The Hall–Kier alpha value is -0.560. The van der Waals surface area contributed by atoms with E-state index in [1.165, 1.54) is 6.20 Å². The largest absolute Gasteiger partial charge is 0.411 e. The minimum atomic E-state index is -4.35. The van der Waals surface area contributed by atoms with E-state index in [0.29, 0.717) is 0 Å². The van der Waals surface area contributed by atoms with Crippen molar-refractivity contribution in [3.8, 4) is 0 Å². The molecule has 104 valence electrons. The number of pyridine rings is 1. The first-order valence-electron chi connectivity index (χ1n) is 4.84. The van der Waals surface area contributed by atoms with Crippen molar-refractivity contribution in [3.05, 3.63) is 28.5 Å². The average molecular weight is 305 g/mol. The number of aromatic nitrogens is 1. The van der Waals surface area contributed by atoms with Crippen LogP contribution in [0.3, 0.4) is 0 Å². The van der Waals surface area contributed by atoms with E-state index < -0.39 is 12.8 Å². The number of nitrogens with zero attached hydrogens (tertiary/aromatic N) is 1. The second-order valence-electron chi connectivity index (χ2n) is 3.59. The molecule has 0 amide bonds. The quantitative estimate of drug-likeness (QED) is 0.929. The van der Waals surface area contributed by atoms with Crippen LogP contribution in [0.25, 0.3) is 0 Å². The fourth-order valence-corrected chi connectivity index (χ4v) is 1.33. The highest BCUT2D eigenvalue weighted by Crippen LogP contribution is 2.20. The summed E-state index contributed by atoms with van der Waals surface area (Å²) in [5, 5.41) is 0.252. The maximum Gasteiger partial charge on any atom is 0.411 e. The fraction of sp³-hybridized carbons (Fsp3) is 0.500. The van der Waals surface area contributed by atoms with Gasteiger partial charge in [-0.05, 0) is 18.6 Å². The lowest BCUT2D eigenvalue weighted by Gasteiger charge is -2.10. The minimum absolute atomic E-state index is 0. The van der Waals surface area contributed by atoms with Crippen LogP contribution < -0.4 is 5.73 Å². The third-order valence-electron chi connectivity index (χ3n) is 1.97.